The minimum absolute atomic E-state index is 0.0438. The van der Waals surface area contributed by atoms with Crippen LogP contribution in [0.2, 0.25) is 0 Å². The van der Waals surface area contributed by atoms with E-state index in [0.29, 0.717) is 6.54 Å². The van der Waals surface area contributed by atoms with Crippen LogP contribution in [0.1, 0.15) is 45.9 Å². The zero-order chi connectivity index (χ0) is 12.3. The van der Waals surface area contributed by atoms with Gasteiger partial charge in [-0.05, 0) is 26.0 Å². The molecular weight excluding hydrogens is 202 g/mol. The summed E-state index contributed by atoms with van der Waals surface area (Å²) in [7, 11) is 0. The Morgan fingerprint density at radius 3 is 2.56 bits per heavy atom. The lowest BCUT2D eigenvalue weighted by Crippen LogP contribution is -2.30. The summed E-state index contributed by atoms with van der Waals surface area (Å²) in [5.41, 5.74) is 6.32. The molecule has 0 amide bonds. The molecule has 4 nitrogen and oxygen atoms in total. The molecule has 1 aromatic rings. The second kappa shape index (κ2) is 4.78. The number of nitrogens with zero attached hydrogens (tertiary/aromatic N) is 2. The van der Waals surface area contributed by atoms with Crippen molar-refractivity contribution in [2.24, 2.45) is 5.73 Å². The molecule has 4 heteroatoms. The van der Waals surface area contributed by atoms with Gasteiger partial charge in [-0.2, -0.15) is 5.10 Å². The Morgan fingerprint density at radius 1 is 1.44 bits per heavy atom. The SMILES string of the molecule is CC(CCN)n1nc(C(C)(C)C)ccc1=O. The summed E-state index contributed by atoms with van der Waals surface area (Å²) < 4.78 is 1.54. The van der Waals surface area contributed by atoms with Crippen molar-refractivity contribution >= 4 is 0 Å². The van der Waals surface area contributed by atoms with E-state index in [0.717, 1.165) is 12.1 Å². The van der Waals surface area contributed by atoms with Crippen LogP contribution in [0, 0.1) is 0 Å². The molecule has 0 saturated carbocycles. The highest BCUT2D eigenvalue weighted by Crippen LogP contribution is 2.19. The first-order valence-corrected chi connectivity index (χ1v) is 5.66. The monoisotopic (exact) mass is 223 g/mol. The molecule has 0 bridgehead atoms. The van der Waals surface area contributed by atoms with E-state index in [1.54, 1.807) is 12.1 Å². The molecule has 0 aliphatic heterocycles. The molecule has 1 unspecified atom stereocenters. The summed E-state index contributed by atoms with van der Waals surface area (Å²) in [6, 6.07) is 3.44. The predicted octanol–water partition coefficient (Wildman–Crippen LogP) is 1.45. The van der Waals surface area contributed by atoms with Gasteiger partial charge in [-0.3, -0.25) is 4.79 Å². The highest BCUT2D eigenvalue weighted by Gasteiger charge is 2.17. The fraction of sp³-hybridized carbons (Fsp3) is 0.667. The minimum Gasteiger partial charge on any atom is -0.330 e. The maximum Gasteiger partial charge on any atom is 0.266 e. The van der Waals surface area contributed by atoms with Crippen molar-refractivity contribution in [1.29, 1.82) is 0 Å². The molecule has 0 fully saturated rings. The maximum absolute atomic E-state index is 11.7. The van der Waals surface area contributed by atoms with Crippen LogP contribution < -0.4 is 11.3 Å². The molecule has 1 atom stereocenters. The van der Waals surface area contributed by atoms with Gasteiger partial charge >= 0.3 is 0 Å². The first kappa shape index (κ1) is 12.9. The van der Waals surface area contributed by atoms with Crippen molar-refractivity contribution in [3.8, 4) is 0 Å². The number of hydrogen-bond donors (Lipinski definition) is 1. The highest BCUT2D eigenvalue weighted by atomic mass is 16.1. The first-order valence-electron chi connectivity index (χ1n) is 5.66. The molecule has 0 spiro atoms. The number of nitrogens with two attached hydrogens (primary N) is 1. The molecule has 1 aromatic heterocycles. The summed E-state index contributed by atoms with van der Waals surface area (Å²) >= 11 is 0. The van der Waals surface area contributed by atoms with E-state index >= 15 is 0 Å². The van der Waals surface area contributed by atoms with Crippen molar-refractivity contribution in [3.63, 3.8) is 0 Å². The second-order valence-corrected chi connectivity index (χ2v) is 5.18. The summed E-state index contributed by atoms with van der Waals surface area (Å²) in [6.45, 7) is 8.77. The Morgan fingerprint density at radius 2 is 2.06 bits per heavy atom. The van der Waals surface area contributed by atoms with Gasteiger partial charge in [0.15, 0.2) is 0 Å². The van der Waals surface area contributed by atoms with Crippen LogP contribution in [-0.4, -0.2) is 16.3 Å². The van der Waals surface area contributed by atoms with Crippen LogP contribution in [0.5, 0.6) is 0 Å². The van der Waals surface area contributed by atoms with Crippen LogP contribution in [0.15, 0.2) is 16.9 Å². The Bertz CT molecular complexity index is 403. The van der Waals surface area contributed by atoms with Crippen LogP contribution >= 0.6 is 0 Å². The molecule has 0 radical (unpaired) electrons. The summed E-state index contributed by atoms with van der Waals surface area (Å²) in [6.07, 6.45) is 0.764. The molecule has 2 N–H and O–H groups in total. The van der Waals surface area contributed by atoms with Gasteiger partial charge < -0.3 is 5.73 Å². The molecule has 0 saturated heterocycles. The predicted molar refractivity (Wildman–Crippen MR) is 65.6 cm³/mol. The van der Waals surface area contributed by atoms with E-state index in [2.05, 4.69) is 25.9 Å². The van der Waals surface area contributed by atoms with E-state index in [4.69, 9.17) is 5.73 Å². The summed E-state index contributed by atoms with van der Waals surface area (Å²) in [5, 5.41) is 4.41. The summed E-state index contributed by atoms with van der Waals surface area (Å²) in [5.74, 6) is 0. The smallest absolute Gasteiger partial charge is 0.266 e. The molecular formula is C12H21N3O. The molecule has 0 aliphatic rings. The van der Waals surface area contributed by atoms with Crippen LogP contribution in [0.3, 0.4) is 0 Å². The van der Waals surface area contributed by atoms with Gasteiger partial charge in [-0.25, -0.2) is 4.68 Å². The maximum atomic E-state index is 11.7. The Balaban J connectivity index is 3.14. The lowest BCUT2D eigenvalue weighted by Gasteiger charge is -2.20. The minimum atomic E-state index is -0.0612. The van der Waals surface area contributed by atoms with Gasteiger partial charge in [0.25, 0.3) is 5.56 Å². The van der Waals surface area contributed by atoms with Gasteiger partial charge in [0, 0.05) is 11.5 Å². The first-order chi connectivity index (χ1) is 7.36. The van der Waals surface area contributed by atoms with E-state index in [1.807, 2.05) is 6.92 Å². The van der Waals surface area contributed by atoms with Crippen molar-refractivity contribution in [1.82, 2.24) is 9.78 Å². The average Bonchev–Trinajstić information content (AvgIpc) is 2.16. The second-order valence-electron chi connectivity index (χ2n) is 5.18. The Labute approximate surface area is 96.5 Å². The van der Waals surface area contributed by atoms with Crippen LogP contribution in [-0.2, 0) is 5.41 Å². The summed E-state index contributed by atoms with van der Waals surface area (Å²) in [4.78, 5) is 11.7. The van der Waals surface area contributed by atoms with E-state index < -0.39 is 0 Å². The molecule has 0 aliphatic carbocycles. The molecule has 90 valence electrons. The third-order valence-electron chi connectivity index (χ3n) is 2.60. The number of rotatable bonds is 3. The standard InChI is InChI=1S/C12H21N3O/c1-9(7-8-13)15-11(16)6-5-10(14-15)12(2,3)4/h5-6,9H,7-8,13H2,1-4H3. The third-order valence-corrected chi connectivity index (χ3v) is 2.60. The fourth-order valence-corrected chi connectivity index (χ4v) is 1.50. The van der Waals surface area contributed by atoms with Gasteiger partial charge in [0.2, 0.25) is 0 Å². The Kier molecular flexibility index (Phi) is 3.86. The highest BCUT2D eigenvalue weighted by molar-refractivity contribution is 5.10. The molecule has 0 aromatic carbocycles. The molecule has 1 heterocycles. The normalized spacial score (nSPS) is 13.8. The third kappa shape index (κ3) is 2.92. The lowest BCUT2D eigenvalue weighted by atomic mass is 9.92. The van der Waals surface area contributed by atoms with Crippen molar-refractivity contribution in [2.45, 2.75) is 45.6 Å². The van der Waals surface area contributed by atoms with Gasteiger partial charge in [0.1, 0.15) is 0 Å². The van der Waals surface area contributed by atoms with Gasteiger partial charge in [-0.1, -0.05) is 20.8 Å². The van der Waals surface area contributed by atoms with Crippen molar-refractivity contribution in [2.75, 3.05) is 6.54 Å². The fourth-order valence-electron chi connectivity index (χ4n) is 1.50. The van der Waals surface area contributed by atoms with E-state index in [9.17, 15) is 4.79 Å². The van der Waals surface area contributed by atoms with Crippen LogP contribution in [0.25, 0.3) is 0 Å². The largest absolute Gasteiger partial charge is 0.330 e. The lowest BCUT2D eigenvalue weighted by molar-refractivity contribution is 0.419. The number of aromatic nitrogens is 2. The Hall–Kier alpha value is -1.16. The van der Waals surface area contributed by atoms with E-state index in [1.165, 1.54) is 4.68 Å². The quantitative estimate of drug-likeness (QED) is 0.843. The van der Waals surface area contributed by atoms with E-state index in [-0.39, 0.29) is 17.0 Å². The van der Waals surface area contributed by atoms with Crippen molar-refractivity contribution < 1.29 is 0 Å². The zero-order valence-electron chi connectivity index (χ0n) is 10.5. The van der Waals surface area contributed by atoms with Gasteiger partial charge in [0.05, 0.1) is 11.7 Å². The molecule has 16 heavy (non-hydrogen) atoms. The zero-order valence-corrected chi connectivity index (χ0v) is 10.5. The molecule has 1 rings (SSSR count). The average molecular weight is 223 g/mol. The topological polar surface area (TPSA) is 60.9 Å². The number of hydrogen-bond acceptors (Lipinski definition) is 3. The van der Waals surface area contributed by atoms with Crippen LogP contribution in [0.4, 0.5) is 0 Å². The van der Waals surface area contributed by atoms with Gasteiger partial charge in [-0.15, -0.1) is 0 Å². The van der Waals surface area contributed by atoms with Crippen molar-refractivity contribution in [3.05, 3.63) is 28.2 Å².